The van der Waals surface area contributed by atoms with Crippen molar-refractivity contribution in [2.24, 2.45) is 0 Å². The Balaban J connectivity index is 1.00. The van der Waals surface area contributed by atoms with Crippen LogP contribution in [0.1, 0.15) is 0 Å². The Labute approximate surface area is 347 Å². The van der Waals surface area contributed by atoms with E-state index in [1.54, 1.807) is 22.7 Å². The van der Waals surface area contributed by atoms with Crippen LogP contribution in [0.3, 0.4) is 0 Å². The fourth-order valence-corrected chi connectivity index (χ4v) is 10.4. The highest BCUT2D eigenvalue weighted by Gasteiger charge is 2.19. The quantitative estimate of drug-likeness (QED) is 0.168. The van der Waals surface area contributed by atoms with Crippen molar-refractivity contribution in [2.45, 2.75) is 0 Å². The number of fused-ring (bicyclic) bond motifs is 7. The number of rotatable bonds is 6. The van der Waals surface area contributed by atoms with E-state index in [1.165, 1.54) is 36.5 Å². The number of aromatic nitrogens is 5. The molecule has 0 aliphatic heterocycles. The van der Waals surface area contributed by atoms with Crippen LogP contribution in [0.4, 0.5) is 0 Å². The molecule has 0 spiro atoms. The second-order valence-electron chi connectivity index (χ2n) is 14.7. The summed E-state index contributed by atoms with van der Waals surface area (Å²) in [6, 6.07) is 66.3. The van der Waals surface area contributed by atoms with Gasteiger partial charge in [0.15, 0.2) is 17.5 Å². The molecule has 12 rings (SSSR count). The molecule has 12 aromatic rings. The van der Waals surface area contributed by atoms with E-state index in [4.69, 9.17) is 19.9 Å². The summed E-state index contributed by atoms with van der Waals surface area (Å²) in [6.07, 6.45) is 0. The van der Waals surface area contributed by atoms with Crippen LogP contribution in [0.15, 0.2) is 188 Å². The van der Waals surface area contributed by atoms with Crippen molar-refractivity contribution < 1.29 is 0 Å². The second-order valence-corrected chi connectivity index (χ2v) is 16.7. The SMILES string of the molecule is c1ccc(-c2nc(-c3ccc4c5ccccc5n(-c5ccccc5)c4c3)nc(-c3cccc4c3sc3ccc(-c5cccc(-c6nc7ccccc7s6)c5)cc34)n2)cc1. The number of hydrogen-bond donors (Lipinski definition) is 0. The minimum absolute atomic E-state index is 0.633. The summed E-state index contributed by atoms with van der Waals surface area (Å²) in [7, 11) is 0. The van der Waals surface area contributed by atoms with Crippen LogP contribution in [0.25, 0.3) is 114 Å². The average molecular weight is 790 g/mol. The first kappa shape index (κ1) is 33.8. The molecule has 0 radical (unpaired) electrons. The lowest BCUT2D eigenvalue weighted by atomic mass is 10.0. The molecule has 59 heavy (non-hydrogen) atoms. The summed E-state index contributed by atoms with van der Waals surface area (Å²) >= 11 is 3.52. The van der Waals surface area contributed by atoms with Crippen LogP contribution >= 0.6 is 22.7 Å². The third kappa shape index (κ3) is 5.74. The molecule has 0 saturated carbocycles. The van der Waals surface area contributed by atoms with E-state index in [0.29, 0.717) is 17.5 Å². The first-order valence-electron chi connectivity index (χ1n) is 19.5. The Morgan fingerprint density at radius 2 is 1.02 bits per heavy atom. The summed E-state index contributed by atoms with van der Waals surface area (Å²) in [4.78, 5) is 20.5. The smallest absolute Gasteiger partial charge is 0.165 e. The molecule has 0 atom stereocenters. The number of thiophene rings is 1. The van der Waals surface area contributed by atoms with Crippen LogP contribution in [-0.2, 0) is 0 Å². The summed E-state index contributed by atoms with van der Waals surface area (Å²) < 4.78 is 5.90. The third-order valence-corrected chi connectivity index (χ3v) is 13.4. The first-order valence-corrected chi connectivity index (χ1v) is 21.2. The van der Waals surface area contributed by atoms with Gasteiger partial charge in [0.1, 0.15) is 5.01 Å². The predicted molar refractivity (Wildman–Crippen MR) is 247 cm³/mol. The van der Waals surface area contributed by atoms with Crippen LogP contribution in [-0.4, -0.2) is 24.5 Å². The molecular weight excluding hydrogens is 759 g/mol. The summed E-state index contributed by atoms with van der Waals surface area (Å²) in [5, 5.41) is 5.82. The van der Waals surface area contributed by atoms with Gasteiger partial charge in [0.2, 0.25) is 0 Å². The third-order valence-electron chi connectivity index (χ3n) is 11.1. The zero-order valence-corrected chi connectivity index (χ0v) is 33.1. The van der Waals surface area contributed by atoms with E-state index >= 15 is 0 Å². The van der Waals surface area contributed by atoms with Crippen molar-refractivity contribution in [1.29, 1.82) is 0 Å². The molecule has 0 unspecified atom stereocenters. The van der Waals surface area contributed by atoms with E-state index in [9.17, 15) is 0 Å². The lowest BCUT2D eigenvalue weighted by Crippen LogP contribution is -2.00. The van der Waals surface area contributed by atoms with Gasteiger partial charge < -0.3 is 4.57 Å². The van der Waals surface area contributed by atoms with E-state index in [1.807, 2.05) is 24.3 Å². The molecule has 7 heteroatoms. The van der Waals surface area contributed by atoms with E-state index in [2.05, 4.69) is 168 Å². The van der Waals surface area contributed by atoms with Gasteiger partial charge in [-0.1, -0.05) is 127 Å². The Morgan fingerprint density at radius 3 is 1.90 bits per heavy atom. The van der Waals surface area contributed by atoms with E-state index in [-0.39, 0.29) is 0 Å². The van der Waals surface area contributed by atoms with E-state index < -0.39 is 0 Å². The minimum Gasteiger partial charge on any atom is -0.309 e. The number of benzene rings is 8. The fraction of sp³-hybridized carbons (Fsp3) is 0. The molecule has 4 heterocycles. The molecule has 8 aromatic carbocycles. The topological polar surface area (TPSA) is 56.5 Å². The summed E-state index contributed by atoms with van der Waals surface area (Å²) in [5.74, 6) is 1.93. The lowest BCUT2D eigenvalue weighted by molar-refractivity contribution is 1.08. The maximum Gasteiger partial charge on any atom is 0.165 e. The molecule has 0 aliphatic carbocycles. The fourth-order valence-electron chi connectivity index (χ4n) is 8.29. The highest BCUT2D eigenvalue weighted by molar-refractivity contribution is 7.26. The zero-order valence-electron chi connectivity index (χ0n) is 31.5. The normalized spacial score (nSPS) is 11.7. The van der Waals surface area contributed by atoms with Crippen LogP contribution in [0.2, 0.25) is 0 Å². The maximum atomic E-state index is 5.27. The van der Waals surface area contributed by atoms with Crippen molar-refractivity contribution >= 4 is 74.9 Å². The number of thiazole rings is 1. The molecule has 0 N–H and O–H groups in total. The zero-order chi connectivity index (χ0) is 38.9. The van der Waals surface area contributed by atoms with Crippen molar-refractivity contribution in [1.82, 2.24) is 24.5 Å². The monoisotopic (exact) mass is 789 g/mol. The highest BCUT2D eigenvalue weighted by Crippen LogP contribution is 2.42. The maximum absolute atomic E-state index is 5.27. The van der Waals surface area contributed by atoms with Gasteiger partial charge in [-0.2, -0.15) is 0 Å². The van der Waals surface area contributed by atoms with Gasteiger partial charge in [-0.3, -0.25) is 0 Å². The van der Waals surface area contributed by atoms with Gasteiger partial charge in [0.25, 0.3) is 0 Å². The first-order chi connectivity index (χ1) is 29.2. The van der Waals surface area contributed by atoms with Crippen molar-refractivity contribution in [3.8, 4) is 61.5 Å². The number of para-hydroxylation sites is 3. The van der Waals surface area contributed by atoms with Gasteiger partial charge in [-0.05, 0) is 71.8 Å². The summed E-state index contributed by atoms with van der Waals surface area (Å²) in [5.41, 5.74) is 10.7. The number of hydrogen-bond acceptors (Lipinski definition) is 6. The summed E-state index contributed by atoms with van der Waals surface area (Å²) in [6.45, 7) is 0. The highest BCUT2D eigenvalue weighted by atomic mass is 32.1. The Hall–Kier alpha value is -7.32. The molecule has 5 nitrogen and oxygen atoms in total. The van der Waals surface area contributed by atoms with Gasteiger partial charge in [-0.15, -0.1) is 22.7 Å². The van der Waals surface area contributed by atoms with Crippen LogP contribution in [0, 0.1) is 0 Å². The van der Waals surface area contributed by atoms with Gasteiger partial charge in [0.05, 0.1) is 21.3 Å². The number of nitrogens with zero attached hydrogens (tertiary/aromatic N) is 5. The largest absolute Gasteiger partial charge is 0.309 e. The van der Waals surface area contributed by atoms with Crippen molar-refractivity contribution in [3.05, 3.63) is 188 Å². The van der Waals surface area contributed by atoms with Gasteiger partial charge in [0, 0.05) is 58.9 Å². The molecule has 0 fully saturated rings. The minimum atomic E-state index is 0.633. The Morgan fingerprint density at radius 1 is 0.356 bits per heavy atom. The lowest BCUT2D eigenvalue weighted by Gasteiger charge is -2.11. The van der Waals surface area contributed by atoms with Crippen molar-refractivity contribution in [3.63, 3.8) is 0 Å². The molecule has 0 bridgehead atoms. The molecule has 4 aromatic heterocycles. The Bertz CT molecular complexity index is 3530. The average Bonchev–Trinajstić information content (AvgIpc) is 4.01. The van der Waals surface area contributed by atoms with Crippen molar-refractivity contribution in [2.75, 3.05) is 0 Å². The van der Waals surface area contributed by atoms with Gasteiger partial charge in [-0.25, -0.2) is 19.9 Å². The Kier molecular flexibility index (Phi) is 7.82. The van der Waals surface area contributed by atoms with E-state index in [0.717, 1.165) is 59.8 Å². The molecule has 0 aliphatic rings. The molecule has 0 amide bonds. The predicted octanol–water partition coefficient (Wildman–Crippen LogP) is 14.3. The molecule has 276 valence electrons. The van der Waals surface area contributed by atoms with Crippen LogP contribution in [0.5, 0.6) is 0 Å². The van der Waals surface area contributed by atoms with Crippen LogP contribution < -0.4 is 0 Å². The standard InChI is InChI=1S/C52H31N5S2/c1-3-13-32(14-4-1)49-54-50(35-25-27-39-38-19-7-9-23-44(38)57(45(39)31-35)37-17-5-2-6-18-37)56-51(55-49)41-21-12-20-40-42-30-34(26-28-46(42)58-48(40)41)33-15-11-16-36(29-33)52-53-43-22-8-10-24-47(43)59-52/h1-31H. The molecular formula is C52H31N5S2. The van der Waals surface area contributed by atoms with Gasteiger partial charge >= 0.3 is 0 Å². The second kappa shape index (κ2) is 13.7. The molecule has 0 saturated heterocycles.